The van der Waals surface area contributed by atoms with Gasteiger partial charge in [-0.15, -0.1) is 0 Å². The number of rotatable bonds is 6. The number of furan rings is 1. The van der Waals surface area contributed by atoms with Crippen molar-refractivity contribution in [1.29, 1.82) is 0 Å². The largest absolute Gasteiger partial charge is 0.468 e. The molecule has 0 saturated carbocycles. The van der Waals surface area contributed by atoms with Crippen LogP contribution in [0.3, 0.4) is 0 Å². The number of carbonyl (C=O) groups is 1. The van der Waals surface area contributed by atoms with Gasteiger partial charge in [0, 0.05) is 25.6 Å². The van der Waals surface area contributed by atoms with Crippen molar-refractivity contribution in [2.75, 3.05) is 25.4 Å². The van der Waals surface area contributed by atoms with Crippen molar-refractivity contribution in [2.45, 2.75) is 25.8 Å². The fourth-order valence-electron chi connectivity index (χ4n) is 3.13. The molecule has 3 rings (SSSR count). The van der Waals surface area contributed by atoms with Crippen molar-refractivity contribution in [3.63, 3.8) is 0 Å². The number of hydrogen-bond acceptors (Lipinski definition) is 6. The molecule has 1 aliphatic rings. The number of nitrogens with two attached hydrogens (primary N) is 1. The standard InChI is InChI=1S/C17H23N5O3/c18-14-9-16(23)21-15(20-14)5-6-19-17(24)12-3-1-7-22(10-12)11-13-4-2-8-25-13/h2,4,8-9,12H,1,3,5-7,10-11H2,(H,19,24)(H3,18,20,21,23). The predicted molar refractivity (Wildman–Crippen MR) is 92.7 cm³/mol. The van der Waals surface area contributed by atoms with E-state index in [-0.39, 0.29) is 23.2 Å². The number of carbonyl (C=O) groups excluding carboxylic acids is 1. The Kier molecular flexibility index (Phi) is 5.49. The molecule has 134 valence electrons. The van der Waals surface area contributed by atoms with E-state index in [1.54, 1.807) is 6.26 Å². The van der Waals surface area contributed by atoms with Crippen LogP contribution in [-0.4, -0.2) is 40.4 Å². The zero-order chi connectivity index (χ0) is 17.6. The van der Waals surface area contributed by atoms with Gasteiger partial charge in [-0.3, -0.25) is 14.5 Å². The highest BCUT2D eigenvalue weighted by atomic mass is 16.3. The van der Waals surface area contributed by atoms with E-state index in [9.17, 15) is 9.59 Å². The average Bonchev–Trinajstić information content (AvgIpc) is 3.07. The van der Waals surface area contributed by atoms with Gasteiger partial charge in [0.25, 0.3) is 5.56 Å². The van der Waals surface area contributed by atoms with Gasteiger partial charge in [0.2, 0.25) is 5.91 Å². The second-order valence-corrected chi connectivity index (χ2v) is 6.31. The van der Waals surface area contributed by atoms with E-state index in [4.69, 9.17) is 10.2 Å². The van der Waals surface area contributed by atoms with Gasteiger partial charge in [-0.1, -0.05) is 0 Å². The molecule has 1 atom stereocenters. The van der Waals surface area contributed by atoms with E-state index in [1.807, 2.05) is 12.1 Å². The SMILES string of the molecule is Nc1cc(=O)[nH]c(CCNC(=O)C2CCCN(Cc3ccco3)C2)n1. The molecule has 0 aromatic carbocycles. The maximum atomic E-state index is 12.4. The summed E-state index contributed by atoms with van der Waals surface area (Å²) >= 11 is 0. The molecule has 3 heterocycles. The van der Waals surface area contributed by atoms with Crippen LogP contribution in [-0.2, 0) is 17.8 Å². The fraction of sp³-hybridized carbons (Fsp3) is 0.471. The number of amides is 1. The van der Waals surface area contributed by atoms with Crippen molar-refractivity contribution >= 4 is 11.7 Å². The lowest BCUT2D eigenvalue weighted by molar-refractivity contribution is -0.126. The average molecular weight is 345 g/mol. The maximum Gasteiger partial charge on any atom is 0.252 e. The highest BCUT2D eigenvalue weighted by Crippen LogP contribution is 2.19. The summed E-state index contributed by atoms with van der Waals surface area (Å²) in [4.78, 5) is 32.6. The number of aromatic amines is 1. The molecule has 1 fully saturated rings. The molecule has 0 bridgehead atoms. The second kappa shape index (κ2) is 7.98. The number of nitrogens with zero attached hydrogens (tertiary/aromatic N) is 2. The van der Waals surface area contributed by atoms with Gasteiger partial charge in [0.1, 0.15) is 17.4 Å². The molecule has 8 heteroatoms. The summed E-state index contributed by atoms with van der Waals surface area (Å²) in [6, 6.07) is 5.05. The third-order valence-corrected chi connectivity index (χ3v) is 4.31. The first-order chi connectivity index (χ1) is 12.1. The van der Waals surface area contributed by atoms with E-state index in [1.165, 1.54) is 6.07 Å². The number of hydrogen-bond donors (Lipinski definition) is 3. The Labute approximate surface area is 145 Å². The molecule has 4 N–H and O–H groups in total. The van der Waals surface area contributed by atoms with Crippen LogP contribution < -0.4 is 16.6 Å². The van der Waals surface area contributed by atoms with Crippen LogP contribution in [0.25, 0.3) is 0 Å². The van der Waals surface area contributed by atoms with Crippen molar-refractivity contribution in [3.05, 3.63) is 46.4 Å². The second-order valence-electron chi connectivity index (χ2n) is 6.31. The molecule has 2 aromatic heterocycles. The lowest BCUT2D eigenvalue weighted by Crippen LogP contribution is -2.43. The molecule has 0 spiro atoms. The Morgan fingerprint density at radius 2 is 2.40 bits per heavy atom. The molecule has 1 saturated heterocycles. The highest BCUT2D eigenvalue weighted by molar-refractivity contribution is 5.78. The zero-order valence-corrected chi connectivity index (χ0v) is 14.0. The number of anilines is 1. The fourth-order valence-corrected chi connectivity index (χ4v) is 3.13. The van der Waals surface area contributed by atoms with Crippen LogP contribution in [0.5, 0.6) is 0 Å². The molecule has 0 radical (unpaired) electrons. The lowest BCUT2D eigenvalue weighted by Gasteiger charge is -2.31. The van der Waals surface area contributed by atoms with Crippen molar-refractivity contribution in [3.8, 4) is 0 Å². The number of likely N-dealkylation sites (tertiary alicyclic amines) is 1. The molecule has 1 amide bonds. The Bertz CT molecular complexity index is 756. The topological polar surface area (TPSA) is 117 Å². The van der Waals surface area contributed by atoms with Crippen LogP contribution in [0.4, 0.5) is 5.82 Å². The van der Waals surface area contributed by atoms with Crippen molar-refractivity contribution in [2.24, 2.45) is 5.92 Å². The third kappa shape index (κ3) is 4.93. The Balaban J connectivity index is 1.46. The van der Waals surface area contributed by atoms with E-state index in [2.05, 4.69) is 20.2 Å². The van der Waals surface area contributed by atoms with Gasteiger partial charge < -0.3 is 20.5 Å². The van der Waals surface area contributed by atoms with Crippen molar-refractivity contribution < 1.29 is 9.21 Å². The molecule has 8 nitrogen and oxygen atoms in total. The molecular formula is C17H23N5O3. The van der Waals surface area contributed by atoms with Gasteiger partial charge in [-0.05, 0) is 31.5 Å². The predicted octanol–water partition coefficient (Wildman–Crippen LogP) is 0.516. The Morgan fingerprint density at radius 1 is 1.52 bits per heavy atom. The first kappa shape index (κ1) is 17.2. The van der Waals surface area contributed by atoms with Gasteiger partial charge in [-0.2, -0.15) is 0 Å². The maximum absolute atomic E-state index is 12.4. The van der Waals surface area contributed by atoms with Gasteiger partial charge in [-0.25, -0.2) is 4.98 Å². The summed E-state index contributed by atoms with van der Waals surface area (Å²) < 4.78 is 5.38. The highest BCUT2D eigenvalue weighted by Gasteiger charge is 2.25. The summed E-state index contributed by atoms with van der Waals surface area (Å²) in [5.74, 6) is 1.59. The normalized spacial score (nSPS) is 18.2. The van der Waals surface area contributed by atoms with Crippen LogP contribution >= 0.6 is 0 Å². The third-order valence-electron chi connectivity index (χ3n) is 4.31. The molecule has 0 aliphatic carbocycles. The van der Waals surface area contributed by atoms with E-state index >= 15 is 0 Å². The van der Waals surface area contributed by atoms with Gasteiger partial charge in [0.05, 0.1) is 18.7 Å². The first-order valence-electron chi connectivity index (χ1n) is 8.48. The van der Waals surface area contributed by atoms with E-state index in [0.29, 0.717) is 18.8 Å². The van der Waals surface area contributed by atoms with Crippen LogP contribution in [0, 0.1) is 5.92 Å². The number of nitrogens with one attached hydrogen (secondary N) is 2. The Morgan fingerprint density at radius 3 is 3.16 bits per heavy atom. The van der Waals surface area contributed by atoms with Gasteiger partial charge in [0.15, 0.2) is 0 Å². The number of nitrogen functional groups attached to an aromatic ring is 1. The van der Waals surface area contributed by atoms with E-state index < -0.39 is 0 Å². The summed E-state index contributed by atoms with van der Waals surface area (Å²) in [7, 11) is 0. The summed E-state index contributed by atoms with van der Waals surface area (Å²) in [6.45, 7) is 2.84. The smallest absolute Gasteiger partial charge is 0.252 e. The van der Waals surface area contributed by atoms with Crippen molar-refractivity contribution in [1.82, 2.24) is 20.2 Å². The minimum absolute atomic E-state index is 0.0310. The molecular weight excluding hydrogens is 322 g/mol. The minimum Gasteiger partial charge on any atom is -0.468 e. The minimum atomic E-state index is -0.283. The summed E-state index contributed by atoms with van der Waals surface area (Å²) in [5.41, 5.74) is 5.26. The number of H-pyrrole nitrogens is 1. The van der Waals surface area contributed by atoms with Crippen LogP contribution in [0.1, 0.15) is 24.4 Å². The Hall–Kier alpha value is -2.61. The van der Waals surface area contributed by atoms with E-state index in [0.717, 1.165) is 38.2 Å². The zero-order valence-electron chi connectivity index (χ0n) is 14.0. The number of piperidine rings is 1. The molecule has 2 aromatic rings. The summed E-state index contributed by atoms with van der Waals surface area (Å²) in [6.07, 6.45) is 3.98. The molecule has 1 unspecified atom stereocenters. The summed E-state index contributed by atoms with van der Waals surface area (Å²) in [5, 5.41) is 2.93. The molecule has 1 aliphatic heterocycles. The monoisotopic (exact) mass is 345 g/mol. The molecule has 25 heavy (non-hydrogen) atoms. The lowest BCUT2D eigenvalue weighted by atomic mass is 9.97. The van der Waals surface area contributed by atoms with Gasteiger partial charge >= 0.3 is 0 Å². The quantitative estimate of drug-likeness (QED) is 0.702. The van der Waals surface area contributed by atoms with Crippen LogP contribution in [0.2, 0.25) is 0 Å². The van der Waals surface area contributed by atoms with Crippen LogP contribution in [0.15, 0.2) is 33.7 Å². The number of aromatic nitrogens is 2. The first-order valence-corrected chi connectivity index (χ1v) is 8.48.